The van der Waals surface area contributed by atoms with E-state index in [1.807, 2.05) is 0 Å². The number of alkyl halides is 2. The number of hydrogen-bond donors (Lipinski definition) is 2. The first-order valence-electron chi connectivity index (χ1n) is 3.45. The average molecular weight is 192 g/mol. The van der Waals surface area contributed by atoms with Gasteiger partial charge in [0.15, 0.2) is 11.6 Å². The second-order valence-electron chi connectivity index (χ2n) is 2.53. The number of phenolic OH excluding ortho intramolecular Hbond substituents is 1. The van der Waals surface area contributed by atoms with Crippen LogP contribution in [0.2, 0.25) is 0 Å². The van der Waals surface area contributed by atoms with Crippen LogP contribution in [0.15, 0.2) is 18.2 Å². The van der Waals surface area contributed by atoms with E-state index in [0.717, 1.165) is 12.1 Å². The highest BCUT2D eigenvalue weighted by Gasteiger charge is 2.31. The summed E-state index contributed by atoms with van der Waals surface area (Å²) in [6, 6.07) is 2.16. The first kappa shape index (κ1) is 9.85. The molecular weight excluding hydrogens is 185 g/mol. The molecule has 0 bridgehead atoms. The SMILES string of the molecule is OCC(F)(F)c1ccc(O)c(F)c1. The fourth-order valence-electron chi connectivity index (χ4n) is 0.826. The number of aliphatic hydroxyl groups is 1. The van der Waals surface area contributed by atoms with Crippen molar-refractivity contribution in [2.24, 2.45) is 0 Å². The Labute approximate surface area is 72.2 Å². The summed E-state index contributed by atoms with van der Waals surface area (Å²) in [7, 11) is 0. The zero-order valence-electron chi connectivity index (χ0n) is 6.47. The van der Waals surface area contributed by atoms with Crippen LogP contribution in [0.1, 0.15) is 5.56 Å². The number of benzene rings is 1. The minimum atomic E-state index is -3.48. The summed E-state index contributed by atoms with van der Waals surface area (Å²) in [4.78, 5) is 0. The minimum absolute atomic E-state index is 0.492. The predicted octanol–water partition coefficient (Wildman–Crippen LogP) is 1.62. The predicted molar refractivity (Wildman–Crippen MR) is 39.0 cm³/mol. The van der Waals surface area contributed by atoms with Gasteiger partial charge in [-0.2, -0.15) is 8.78 Å². The summed E-state index contributed by atoms with van der Waals surface area (Å²) in [5.41, 5.74) is -0.662. The smallest absolute Gasteiger partial charge is 0.295 e. The Hall–Kier alpha value is -1.23. The van der Waals surface area contributed by atoms with Crippen molar-refractivity contribution in [1.29, 1.82) is 0 Å². The summed E-state index contributed by atoms with van der Waals surface area (Å²) in [6.45, 7) is -1.39. The number of phenols is 1. The van der Waals surface area contributed by atoms with Crippen LogP contribution < -0.4 is 0 Å². The number of aliphatic hydroxyl groups excluding tert-OH is 1. The molecule has 0 aliphatic carbocycles. The molecule has 0 saturated heterocycles. The highest BCUT2D eigenvalue weighted by molar-refractivity contribution is 5.30. The molecule has 0 aliphatic rings. The van der Waals surface area contributed by atoms with E-state index in [1.165, 1.54) is 0 Å². The molecular formula is C8H7F3O2. The first-order chi connectivity index (χ1) is 5.97. The Morgan fingerprint density at radius 2 is 1.92 bits per heavy atom. The molecule has 0 atom stereocenters. The molecule has 0 unspecified atom stereocenters. The van der Waals surface area contributed by atoms with Gasteiger partial charge in [0, 0.05) is 5.56 Å². The molecule has 0 aliphatic heterocycles. The Morgan fingerprint density at radius 1 is 1.31 bits per heavy atom. The van der Waals surface area contributed by atoms with Crippen molar-refractivity contribution in [3.63, 3.8) is 0 Å². The van der Waals surface area contributed by atoms with Crippen LogP contribution in [0.25, 0.3) is 0 Å². The van der Waals surface area contributed by atoms with Crippen LogP contribution in [-0.4, -0.2) is 16.8 Å². The van der Waals surface area contributed by atoms with Crippen molar-refractivity contribution in [3.05, 3.63) is 29.6 Å². The van der Waals surface area contributed by atoms with Gasteiger partial charge in [0.2, 0.25) is 0 Å². The maximum atomic E-state index is 12.7. The van der Waals surface area contributed by atoms with Crippen LogP contribution in [0.5, 0.6) is 5.75 Å². The molecule has 0 heterocycles. The summed E-state index contributed by atoms with van der Waals surface area (Å²) in [6.07, 6.45) is 0. The monoisotopic (exact) mass is 192 g/mol. The van der Waals surface area contributed by atoms with Crippen LogP contribution in [-0.2, 0) is 5.92 Å². The zero-order valence-corrected chi connectivity index (χ0v) is 6.47. The van der Waals surface area contributed by atoms with E-state index in [4.69, 9.17) is 10.2 Å². The highest BCUT2D eigenvalue weighted by Crippen LogP contribution is 2.29. The van der Waals surface area contributed by atoms with E-state index in [-0.39, 0.29) is 0 Å². The first-order valence-corrected chi connectivity index (χ1v) is 3.45. The number of aromatic hydroxyl groups is 1. The van der Waals surface area contributed by atoms with E-state index < -0.39 is 29.7 Å². The molecule has 2 N–H and O–H groups in total. The van der Waals surface area contributed by atoms with Crippen LogP contribution in [0.3, 0.4) is 0 Å². The van der Waals surface area contributed by atoms with Crippen molar-refractivity contribution >= 4 is 0 Å². The highest BCUT2D eigenvalue weighted by atomic mass is 19.3. The molecule has 0 radical (unpaired) electrons. The quantitative estimate of drug-likeness (QED) is 0.747. The van der Waals surface area contributed by atoms with E-state index in [9.17, 15) is 13.2 Å². The summed E-state index contributed by atoms with van der Waals surface area (Å²) in [5.74, 6) is -5.31. The standard InChI is InChI=1S/C8H7F3O2/c9-6-3-5(1-2-7(6)13)8(10,11)4-12/h1-3,12-13H,4H2. The topological polar surface area (TPSA) is 40.5 Å². The van der Waals surface area contributed by atoms with Gasteiger partial charge in [-0.25, -0.2) is 4.39 Å². The zero-order chi connectivity index (χ0) is 10.1. The third-order valence-electron chi connectivity index (χ3n) is 1.57. The van der Waals surface area contributed by atoms with Gasteiger partial charge in [-0.3, -0.25) is 0 Å². The summed E-state index contributed by atoms with van der Waals surface area (Å²) >= 11 is 0. The number of hydrogen-bond acceptors (Lipinski definition) is 2. The lowest BCUT2D eigenvalue weighted by molar-refractivity contribution is -0.0558. The third kappa shape index (κ3) is 1.92. The van der Waals surface area contributed by atoms with Gasteiger partial charge in [0.25, 0.3) is 5.92 Å². The van der Waals surface area contributed by atoms with Crippen molar-refractivity contribution in [2.75, 3.05) is 6.61 Å². The van der Waals surface area contributed by atoms with Gasteiger partial charge in [0.1, 0.15) is 6.61 Å². The number of rotatable bonds is 2. The van der Waals surface area contributed by atoms with Gasteiger partial charge in [-0.1, -0.05) is 0 Å². The molecule has 13 heavy (non-hydrogen) atoms. The van der Waals surface area contributed by atoms with Crippen LogP contribution in [0.4, 0.5) is 13.2 Å². The van der Waals surface area contributed by atoms with E-state index in [2.05, 4.69) is 0 Å². The van der Waals surface area contributed by atoms with Gasteiger partial charge in [-0.15, -0.1) is 0 Å². The van der Waals surface area contributed by atoms with E-state index in [1.54, 1.807) is 0 Å². The second kappa shape index (κ2) is 3.26. The second-order valence-corrected chi connectivity index (χ2v) is 2.53. The number of halogens is 3. The Balaban J connectivity index is 3.10. The average Bonchev–Trinajstić information content (AvgIpc) is 2.09. The van der Waals surface area contributed by atoms with Gasteiger partial charge in [0.05, 0.1) is 0 Å². The fourth-order valence-corrected chi connectivity index (χ4v) is 0.826. The lowest BCUT2D eigenvalue weighted by Gasteiger charge is -2.13. The molecule has 0 spiro atoms. The van der Waals surface area contributed by atoms with Crippen LogP contribution in [0, 0.1) is 5.82 Å². The molecule has 2 nitrogen and oxygen atoms in total. The summed E-state index contributed by atoms with van der Waals surface area (Å²) in [5, 5.41) is 17.0. The molecule has 72 valence electrons. The summed E-state index contributed by atoms with van der Waals surface area (Å²) < 4.78 is 38.0. The maximum absolute atomic E-state index is 12.7. The van der Waals surface area contributed by atoms with E-state index in [0.29, 0.717) is 6.07 Å². The van der Waals surface area contributed by atoms with Gasteiger partial charge in [-0.05, 0) is 18.2 Å². The fraction of sp³-hybridized carbons (Fsp3) is 0.250. The molecule has 5 heteroatoms. The lowest BCUT2D eigenvalue weighted by Crippen LogP contribution is -2.18. The van der Waals surface area contributed by atoms with Crippen molar-refractivity contribution < 1.29 is 23.4 Å². The van der Waals surface area contributed by atoms with Crippen molar-refractivity contribution in [2.45, 2.75) is 5.92 Å². The van der Waals surface area contributed by atoms with Crippen molar-refractivity contribution in [3.8, 4) is 5.75 Å². The third-order valence-corrected chi connectivity index (χ3v) is 1.57. The molecule has 0 amide bonds. The minimum Gasteiger partial charge on any atom is -0.505 e. The Morgan fingerprint density at radius 3 is 2.38 bits per heavy atom. The molecule has 1 aromatic rings. The molecule has 0 fully saturated rings. The largest absolute Gasteiger partial charge is 0.505 e. The Kier molecular flexibility index (Phi) is 2.47. The molecule has 1 rings (SSSR count). The normalized spacial score (nSPS) is 11.7. The molecule has 0 saturated carbocycles. The maximum Gasteiger partial charge on any atom is 0.295 e. The van der Waals surface area contributed by atoms with E-state index >= 15 is 0 Å². The molecule has 0 aromatic heterocycles. The van der Waals surface area contributed by atoms with Crippen molar-refractivity contribution in [1.82, 2.24) is 0 Å². The lowest BCUT2D eigenvalue weighted by atomic mass is 10.1. The van der Waals surface area contributed by atoms with Gasteiger partial charge >= 0.3 is 0 Å². The van der Waals surface area contributed by atoms with Gasteiger partial charge < -0.3 is 10.2 Å². The Bertz CT molecular complexity index is 312. The molecule has 1 aromatic carbocycles. The van der Waals surface area contributed by atoms with Crippen LogP contribution >= 0.6 is 0 Å².